The highest BCUT2D eigenvalue weighted by Crippen LogP contribution is 2.26. The molecule has 1 rings (SSSR count). The first-order valence-corrected chi connectivity index (χ1v) is 8.20. The lowest BCUT2D eigenvalue weighted by Crippen LogP contribution is -2.21. The Kier molecular flexibility index (Phi) is 7.80. The van der Waals surface area contributed by atoms with Crippen LogP contribution in [0.15, 0.2) is 23.1 Å². The summed E-state index contributed by atoms with van der Waals surface area (Å²) >= 11 is 8.19. The van der Waals surface area contributed by atoms with Crippen LogP contribution in [0.2, 0.25) is 5.02 Å². The summed E-state index contributed by atoms with van der Waals surface area (Å²) in [5.74, 6) is 1.18. The Morgan fingerprint density at radius 1 is 1.28 bits per heavy atom. The molecule has 0 radical (unpaired) electrons. The number of benzene rings is 1. The Bertz CT molecular complexity index is 354. The van der Waals surface area contributed by atoms with Crippen molar-refractivity contribution in [1.82, 2.24) is 0 Å². The number of nitrogens with two attached hydrogens (primary N) is 1. The van der Waals surface area contributed by atoms with Gasteiger partial charge in [-0.3, -0.25) is 0 Å². The Morgan fingerprint density at radius 3 is 2.67 bits per heavy atom. The number of rotatable bonds is 8. The van der Waals surface area contributed by atoms with E-state index in [4.69, 9.17) is 17.3 Å². The van der Waals surface area contributed by atoms with E-state index in [9.17, 15) is 0 Å². The third-order valence-electron chi connectivity index (χ3n) is 3.05. The molecule has 0 aliphatic heterocycles. The van der Waals surface area contributed by atoms with Crippen LogP contribution in [-0.2, 0) is 6.42 Å². The van der Waals surface area contributed by atoms with E-state index in [-0.39, 0.29) is 6.04 Å². The van der Waals surface area contributed by atoms with E-state index in [1.54, 1.807) is 0 Å². The number of hydrogen-bond donors (Lipinski definition) is 1. The van der Waals surface area contributed by atoms with Gasteiger partial charge in [0.25, 0.3) is 0 Å². The molecule has 0 spiro atoms. The summed E-state index contributed by atoms with van der Waals surface area (Å²) in [6.07, 6.45) is 5.72. The van der Waals surface area contributed by atoms with Crippen molar-refractivity contribution < 1.29 is 0 Å². The summed E-state index contributed by atoms with van der Waals surface area (Å²) in [6.45, 7) is 4.34. The van der Waals surface area contributed by atoms with Crippen LogP contribution < -0.4 is 5.73 Å². The first kappa shape index (κ1) is 15.9. The number of unbranched alkanes of at least 4 members (excludes halogenated alkanes) is 2. The minimum absolute atomic E-state index is 0.213. The maximum Gasteiger partial charge on any atom is 0.0449 e. The second-order valence-corrected chi connectivity index (χ2v) is 6.26. The molecule has 1 nitrogen and oxygen atoms in total. The smallest absolute Gasteiger partial charge is 0.0449 e. The van der Waals surface area contributed by atoms with E-state index >= 15 is 0 Å². The fourth-order valence-corrected chi connectivity index (χ4v) is 3.02. The predicted octanol–water partition coefficient (Wildman–Crippen LogP) is 4.90. The molecule has 18 heavy (non-hydrogen) atoms. The monoisotopic (exact) mass is 285 g/mol. The molecule has 2 N–H and O–H groups in total. The fourth-order valence-electron chi connectivity index (χ4n) is 1.75. The first-order valence-electron chi connectivity index (χ1n) is 6.84. The zero-order chi connectivity index (χ0) is 13.4. The van der Waals surface area contributed by atoms with Crippen molar-refractivity contribution in [1.29, 1.82) is 0 Å². The summed E-state index contributed by atoms with van der Waals surface area (Å²) in [7, 11) is 0. The van der Waals surface area contributed by atoms with Crippen molar-refractivity contribution in [3.05, 3.63) is 28.8 Å². The van der Waals surface area contributed by atoms with Gasteiger partial charge in [0, 0.05) is 16.0 Å². The van der Waals surface area contributed by atoms with Gasteiger partial charge < -0.3 is 5.73 Å². The lowest BCUT2D eigenvalue weighted by atomic mass is 10.1. The molecular weight excluding hydrogens is 262 g/mol. The Labute approximate surface area is 120 Å². The zero-order valence-electron chi connectivity index (χ0n) is 11.4. The summed E-state index contributed by atoms with van der Waals surface area (Å²) < 4.78 is 0. The van der Waals surface area contributed by atoms with Crippen LogP contribution >= 0.6 is 23.4 Å². The minimum atomic E-state index is 0.213. The molecule has 1 aromatic rings. The Morgan fingerprint density at radius 2 is 2.06 bits per heavy atom. The van der Waals surface area contributed by atoms with Crippen LogP contribution in [0.4, 0.5) is 0 Å². The zero-order valence-corrected chi connectivity index (χ0v) is 13.0. The van der Waals surface area contributed by atoms with Crippen LogP contribution in [0.25, 0.3) is 0 Å². The highest BCUT2D eigenvalue weighted by atomic mass is 35.5. The topological polar surface area (TPSA) is 26.0 Å². The van der Waals surface area contributed by atoms with Gasteiger partial charge in [-0.1, -0.05) is 44.4 Å². The molecule has 0 amide bonds. The first-order chi connectivity index (χ1) is 8.67. The van der Waals surface area contributed by atoms with Gasteiger partial charge in [-0.2, -0.15) is 0 Å². The van der Waals surface area contributed by atoms with E-state index in [0.29, 0.717) is 0 Å². The molecule has 1 unspecified atom stereocenters. The maximum atomic E-state index is 6.30. The summed E-state index contributed by atoms with van der Waals surface area (Å²) in [6, 6.07) is 6.58. The lowest BCUT2D eigenvalue weighted by Gasteiger charge is -2.11. The average Bonchev–Trinajstić information content (AvgIpc) is 2.37. The molecule has 3 heteroatoms. The summed E-state index contributed by atoms with van der Waals surface area (Å²) in [5, 5.41) is 0.861. The molecule has 0 fully saturated rings. The van der Waals surface area contributed by atoms with Crippen molar-refractivity contribution in [3.8, 4) is 0 Å². The van der Waals surface area contributed by atoms with Crippen molar-refractivity contribution in [2.75, 3.05) is 5.75 Å². The number of hydrogen-bond acceptors (Lipinski definition) is 2. The van der Waals surface area contributed by atoms with Gasteiger partial charge in [0.1, 0.15) is 0 Å². The Balaban J connectivity index is 2.51. The molecule has 0 aliphatic carbocycles. The summed E-state index contributed by atoms with van der Waals surface area (Å²) in [4.78, 5) is 1.27. The minimum Gasteiger partial charge on any atom is -0.327 e. The largest absolute Gasteiger partial charge is 0.327 e. The van der Waals surface area contributed by atoms with E-state index in [2.05, 4.69) is 32.0 Å². The van der Waals surface area contributed by atoms with Crippen LogP contribution in [0.1, 0.15) is 45.1 Å². The molecule has 0 saturated heterocycles. The van der Waals surface area contributed by atoms with Gasteiger partial charge in [-0.05, 0) is 42.7 Å². The van der Waals surface area contributed by atoms with E-state index < -0.39 is 0 Å². The van der Waals surface area contributed by atoms with Crippen LogP contribution in [0.3, 0.4) is 0 Å². The normalized spacial score (nSPS) is 12.7. The second-order valence-electron chi connectivity index (χ2n) is 4.68. The van der Waals surface area contributed by atoms with Gasteiger partial charge in [0.05, 0.1) is 0 Å². The SMILES string of the molecule is CCCCCSc1ccc(CC(N)CC)c(Cl)c1. The van der Waals surface area contributed by atoms with E-state index in [1.165, 1.54) is 35.5 Å². The van der Waals surface area contributed by atoms with E-state index in [1.807, 2.05) is 11.8 Å². The predicted molar refractivity (Wildman–Crippen MR) is 83.7 cm³/mol. The third-order valence-corrected chi connectivity index (χ3v) is 4.48. The molecular formula is C15H24ClNS. The fraction of sp³-hybridized carbons (Fsp3) is 0.600. The van der Waals surface area contributed by atoms with Crippen molar-refractivity contribution >= 4 is 23.4 Å². The maximum absolute atomic E-state index is 6.30. The highest BCUT2D eigenvalue weighted by molar-refractivity contribution is 7.99. The quantitative estimate of drug-likeness (QED) is 0.543. The highest BCUT2D eigenvalue weighted by Gasteiger charge is 2.06. The van der Waals surface area contributed by atoms with Gasteiger partial charge in [0.15, 0.2) is 0 Å². The standard InChI is InChI=1S/C15H24ClNS/c1-3-5-6-9-18-14-8-7-12(15(16)11-14)10-13(17)4-2/h7-8,11,13H,3-6,9-10,17H2,1-2H3. The molecule has 102 valence electrons. The second kappa shape index (κ2) is 8.84. The van der Waals surface area contributed by atoms with Crippen LogP contribution in [0, 0.1) is 0 Å². The van der Waals surface area contributed by atoms with E-state index in [0.717, 1.165) is 17.9 Å². The number of thioether (sulfide) groups is 1. The van der Waals surface area contributed by atoms with Gasteiger partial charge in [0.2, 0.25) is 0 Å². The van der Waals surface area contributed by atoms with Crippen molar-refractivity contribution in [2.24, 2.45) is 5.73 Å². The van der Waals surface area contributed by atoms with Crippen molar-refractivity contribution in [2.45, 2.75) is 56.9 Å². The lowest BCUT2D eigenvalue weighted by molar-refractivity contribution is 0.646. The Hall–Kier alpha value is -0.180. The number of halogens is 1. The molecule has 1 aromatic carbocycles. The molecule has 0 bridgehead atoms. The van der Waals surface area contributed by atoms with Crippen LogP contribution in [-0.4, -0.2) is 11.8 Å². The molecule has 0 aliphatic rings. The molecule has 1 atom stereocenters. The molecule has 0 heterocycles. The average molecular weight is 286 g/mol. The summed E-state index contributed by atoms with van der Waals surface area (Å²) in [5.41, 5.74) is 7.13. The van der Waals surface area contributed by atoms with Gasteiger partial charge >= 0.3 is 0 Å². The molecule has 0 saturated carbocycles. The third kappa shape index (κ3) is 5.64. The van der Waals surface area contributed by atoms with Gasteiger partial charge in [-0.25, -0.2) is 0 Å². The van der Waals surface area contributed by atoms with Gasteiger partial charge in [-0.15, -0.1) is 11.8 Å². The van der Waals surface area contributed by atoms with Crippen LogP contribution in [0.5, 0.6) is 0 Å². The van der Waals surface area contributed by atoms with Crippen molar-refractivity contribution in [3.63, 3.8) is 0 Å². The molecule has 0 aromatic heterocycles.